The van der Waals surface area contributed by atoms with Gasteiger partial charge < -0.3 is 9.47 Å². The van der Waals surface area contributed by atoms with Gasteiger partial charge in [-0.3, -0.25) is 0 Å². The number of benzene rings is 1. The third kappa shape index (κ3) is 11.4. The first-order valence-corrected chi connectivity index (χ1v) is 12.1. The Morgan fingerprint density at radius 2 is 1.20 bits per heavy atom. The van der Waals surface area contributed by atoms with Crippen LogP contribution >= 0.6 is 0 Å². The third-order valence-electron chi connectivity index (χ3n) is 5.58. The SMILES string of the molecule is CCCCCCCCCCOC(=O)c1ccc(C(=O)OCC(CC)CCCC)cc1. The first kappa shape index (κ1) is 26.2. The Kier molecular flexibility index (Phi) is 14.8. The highest BCUT2D eigenvalue weighted by Crippen LogP contribution is 2.15. The molecule has 1 unspecified atom stereocenters. The van der Waals surface area contributed by atoms with Gasteiger partial charge in [-0.25, -0.2) is 9.59 Å². The number of hydrogen-bond donors (Lipinski definition) is 0. The summed E-state index contributed by atoms with van der Waals surface area (Å²) in [6, 6.07) is 6.56. The van der Waals surface area contributed by atoms with Crippen LogP contribution in [0.2, 0.25) is 0 Å². The fraction of sp³-hybridized carbons (Fsp3) is 0.692. The summed E-state index contributed by atoms with van der Waals surface area (Å²) in [5, 5.41) is 0. The Balaban J connectivity index is 2.27. The van der Waals surface area contributed by atoms with E-state index in [1.165, 1.54) is 38.5 Å². The van der Waals surface area contributed by atoms with Crippen LogP contribution in [0.25, 0.3) is 0 Å². The van der Waals surface area contributed by atoms with Crippen molar-refractivity contribution in [2.45, 2.75) is 97.8 Å². The van der Waals surface area contributed by atoms with E-state index in [0.717, 1.165) is 38.5 Å². The van der Waals surface area contributed by atoms with Crippen LogP contribution in [0.4, 0.5) is 0 Å². The molecule has 1 atom stereocenters. The van der Waals surface area contributed by atoms with Gasteiger partial charge in [0.05, 0.1) is 24.3 Å². The smallest absolute Gasteiger partial charge is 0.338 e. The molecule has 1 aromatic rings. The van der Waals surface area contributed by atoms with Crippen molar-refractivity contribution in [2.75, 3.05) is 13.2 Å². The van der Waals surface area contributed by atoms with Gasteiger partial charge in [-0.05, 0) is 43.0 Å². The topological polar surface area (TPSA) is 52.6 Å². The number of carbonyl (C=O) groups is 2. The van der Waals surface area contributed by atoms with Gasteiger partial charge in [0.25, 0.3) is 0 Å². The molecule has 0 fully saturated rings. The van der Waals surface area contributed by atoms with Crippen LogP contribution in [-0.2, 0) is 9.47 Å². The minimum atomic E-state index is -0.330. The largest absolute Gasteiger partial charge is 0.462 e. The van der Waals surface area contributed by atoms with Gasteiger partial charge in [0.1, 0.15) is 0 Å². The zero-order chi connectivity index (χ0) is 22.0. The van der Waals surface area contributed by atoms with E-state index in [1.54, 1.807) is 24.3 Å². The van der Waals surface area contributed by atoms with Crippen molar-refractivity contribution in [1.29, 1.82) is 0 Å². The van der Waals surface area contributed by atoms with Crippen molar-refractivity contribution < 1.29 is 19.1 Å². The Morgan fingerprint density at radius 3 is 1.73 bits per heavy atom. The molecule has 4 nitrogen and oxygen atoms in total. The molecule has 0 aromatic heterocycles. The molecule has 1 aromatic carbocycles. The van der Waals surface area contributed by atoms with E-state index >= 15 is 0 Å². The molecule has 0 amide bonds. The summed E-state index contributed by atoms with van der Waals surface area (Å²) in [4.78, 5) is 24.4. The van der Waals surface area contributed by atoms with E-state index in [9.17, 15) is 9.59 Å². The first-order chi connectivity index (χ1) is 14.6. The number of hydrogen-bond acceptors (Lipinski definition) is 4. The summed E-state index contributed by atoms with van der Waals surface area (Å²) >= 11 is 0. The normalized spacial score (nSPS) is 11.8. The number of ether oxygens (including phenoxy) is 2. The van der Waals surface area contributed by atoms with Gasteiger partial charge in [0.15, 0.2) is 0 Å². The van der Waals surface area contributed by atoms with Crippen LogP contribution in [0.15, 0.2) is 24.3 Å². The molecule has 0 N–H and O–H groups in total. The maximum Gasteiger partial charge on any atom is 0.338 e. The molecule has 0 aliphatic heterocycles. The lowest BCUT2D eigenvalue weighted by Gasteiger charge is -2.14. The van der Waals surface area contributed by atoms with Gasteiger partial charge >= 0.3 is 11.9 Å². The zero-order valence-corrected chi connectivity index (χ0v) is 19.4. The van der Waals surface area contributed by atoms with Crippen molar-refractivity contribution in [1.82, 2.24) is 0 Å². The van der Waals surface area contributed by atoms with Gasteiger partial charge in [-0.2, -0.15) is 0 Å². The van der Waals surface area contributed by atoms with Crippen molar-refractivity contribution >= 4 is 11.9 Å². The molecule has 0 radical (unpaired) electrons. The molecule has 0 heterocycles. The van der Waals surface area contributed by atoms with E-state index in [2.05, 4.69) is 20.8 Å². The summed E-state index contributed by atoms with van der Waals surface area (Å²) in [5.74, 6) is -0.244. The van der Waals surface area contributed by atoms with Crippen LogP contribution in [0.3, 0.4) is 0 Å². The van der Waals surface area contributed by atoms with Gasteiger partial charge in [0, 0.05) is 0 Å². The fourth-order valence-corrected chi connectivity index (χ4v) is 3.40. The van der Waals surface area contributed by atoms with E-state index in [0.29, 0.717) is 30.3 Å². The summed E-state index contributed by atoms with van der Waals surface area (Å²) in [5.41, 5.74) is 0.945. The Bertz CT molecular complexity index is 579. The molecule has 170 valence electrons. The van der Waals surface area contributed by atoms with Crippen LogP contribution in [-0.4, -0.2) is 25.2 Å². The molecule has 0 aliphatic rings. The molecular formula is C26H42O4. The molecule has 0 aliphatic carbocycles. The first-order valence-electron chi connectivity index (χ1n) is 12.1. The fourth-order valence-electron chi connectivity index (χ4n) is 3.40. The molecule has 1 rings (SSSR count). The molecule has 4 heteroatoms. The highest BCUT2D eigenvalue weighted by Gasteiger charge is 2.13. The Hall–Kier alpha value is -1.84. The maximum atomic E-state index is 12.2. The van der Waals surface area contributed by atoms with E-state index < -0.39 is 0 Å². The number of carbonyl (C=O) groups excluding carboxylic acids is 2. The minimum Gasteiger partial charge on any atom is -0.462 e. The van der Waals surface area contributed by atoms with Crippen molar-refractivity contribution in [3.05, 3.63) is 35.4 Å². The molecule has 0 spiro atoms. The number of rotatable bonds is 17. The zero-order valence-electron chi connectivity index (χ0n) is 19.4. The summed E-state index contributed by atoms with van der Waals surface area (Å²) in [6.07, 6.45) is 14.1. The highest BCUT2D eigenvalue weighted by molar-refractivity contribution is 5.93. The number of unbranched alkanes of at least 4 members (excludes halogenated alkanes) is 8. The van der Waals surface area contributed by atoms with Crippen LogP contribution in [0.1, 0.15) is 119 Å². The average Bonchev–Trinajstić information content (AvgIpc) is 2.78. The predicted octanol–water partition coefficient (Wildman–Crippen LogP) is 7.36. The second kappa shape index (κ2) is 16.9. The van der Waals surface area contributed by atoms with Gasteiger partial charge in [-0.15, -0.1) is 0 Å². The lowest BCUT2D eigenvalue weighted by Crippen LogP contribution is -2.14. The van der Waals surface area contributed by atoms with Crippen molar-refractivity contribution in [3.8, 4) is 0 Å². The standard InChI is InChI=1S/C26H42O4/c1-4-7-9-10-11-12-13-14-20-29-25(27)23-16-18-24(19-17-23)26(28)30-21-22(6-3)15-8-5-2/h16-19,22H,4-15,20-21H2,1-3H3. The van der Waals surface area contributed by atoms with Crippen LogP contribution in [0.5, 0.6) is 0 Å². The average molecular weight is 419 g/mol. The lowest BCUT2D eigenvalue weighted by molar-refractivity contribution is 0.0425. The summed E-state index contributed by atoms with van der Waals surface area (Å²) < 4.78 is 10.8. The van der Waals surface area contributed by atoms with Crippen molar-refractivity contribution in [3.63, 3.8) is 0 Å². The Morgan fingerprint density at radius 1 is 0.700 bits per heavy atom. The van der Waals surface area contributed by atoms with Crippen LogP contribution < -0.4 is 0 Å². The minimum absolute atomic E-state index is 0.330. The van der Waals surface area contributed by atoms with E-state index in [-0.39, 0.29) is 11.9 Å². The van der Waals surface area contributed by atoms with Crippen molar-refractivity contribution in [2.24, 2.45) is 5.92 Å². The predicted molar refractivity (Wildman–Crippen MR) is 123 cm³/mol. The molecule has 0 bridgehead atoms. The molecule has 0 saturated heterocycles. The van der Waals surface area contributed by atoms with E-state index in [4.69, 9.17) is 9.47 Å². The highest BCUT2D eigenvalue weighted by atomic mass is 16.5. The van der Waals surface area contributed by atoms with Gasteiger partial charge in [0.2, 0.25) is 0 Å². The second-order valence-corrected chi connectivity index (χ2v) is 8.20. The summed E-state index contributed by atoms with van der Waals surface area (Å²) in [6.45, 7) is 7.43. The van der Waals surface area contributed by atoms with E-state index in [1.807, 2.05) is 0 Å². The van der Waals surface area contributed by atoms with Crippen LogP contribution in [0, 0.1) is 5.92 Å². The monoisotopic (exact) mass is 418 g/mol. The maximum absolute atomic E-state index is 12.2. The third-order valence-corrected chi connectivity index (χ3v) is 5.58. The van der Waals surface area contributed by atoms with Gasteiger partial charge in [-0.1, -0.05) is 85.0 Å². The quantitative estimate of drug-likeness (QED) is 0.196. The molecule has 0 saturated carbocycles. The number of esters is 2. The lowest BCUT2D eigenvalue weighted by atomic mass is 10.0. The second-order valence-electron chi connectivity index (χ2n) is 8.20. The summed E-state index contributed by atoms with van der Waals surface area (Å²) in [7, 11) is 0. The molecule has 30 heavy (non-hydrogen) atoms. The Labute approximate surface area is 183 Å². The molecular weight excluding hydrogens is 376 g/mol.